The minimum absolute atomic E-state index is 0.118. The number of aryl methyl sites for hydroxylation is 1. The Hall–Kier alpha value is -2.57. The van der Waals surface area contributed by atoms with Gasteiger partial charge in [0.15, 0.2) is 0 Å². The Morgan fingerprint density at radius 1 is 1.00 bits per heavy atom. The van der Waals surface area contributed by atoms with E-state index in [0.29, 0.717) is 31.1 Å². The molecule has 5 nitrogen and oxygen atoms in total. The van der Waals surface area contributed by atoms with Crippen LogP contribution in [-0.4, -0.2) is 15.5 Å². The highest BCUT2D eigenvalue weighted by atomic mass is 32.1. The molecule has 3 aromatic rings. The van der Waals surface area contributed by atoms with Crippen LogP contribution in [0.1, 0.15) is 39.0 Å². The van der Waals surface area contributed by atoms with Crippen LogP contribution in [0.25, 0.3) is 0 Å². The van der Waals surface area contributed by atoms with Gasteiger partial charge in [0.1, 0.15) is 4.88 Å². The first-order valence-electron chi connectivity index (χ1n) is 8.55. The molecule has 6 heteroatoms. The predicted octanol–water partition coefficient (Wildman–Crippen LogP) is 3.75. The lowest BCUT2D eigenvalue weighted by atomic mass is 10.1. The van der Waals surface area contributed by atoms with Crippen LogP contribution in [0.5, 0.6) is 0 Å². The third-order valence-corrected chi connectivity index (χ3v) is 4.72. The van der Waals surface area contributed by atoms with Gasteiger partial charge >= 0.3 is 0 Å². The molecule has 0 aliphatic rings. The molecule has 0 aliphatic carbocycles. The van der Waals surface area contributed by atoms with Crippen molar-refractivity contribution in [3.63, 3.8) is 0 Å². The maximum Gasteiger partial charge on any atom is 0.265 e. The van der Waals surface area contributed by atoms with Gasteiger partial charge in [-0.1, -0.05) is 66.0 Å². The van der Waals surface area contributed by atoms with E-state index in [2.05, 4.69) is 14.9 Å². The first kappa shape index (κ1) is 18.2. The van der Waals surface area contributed by atoms with Gasteiger partial charge in [-0.15, -0.1) is 5.10 Å². The number of aromatic nitrogens is 2. The molecule has 0 fully saturated rings. The van der Waals surface area contributed by atoms with E-state index in [0.717, 1.165) is 33.9 Å². The highest BCUT2D eigenvalue weighted by molar-refractivity contribution is 7.08. The van der Waals surface area contributed by atoms with Gasteiger partial charge < -0.3 is 10.1 Å². The number of nitrogens with zero attached hydrogens (tertiary/aromatic N) is 2. The van der Waals surface area contributed by atoms with E-state index >= 15 is 0 Å². The van der Waals surface area contributed by atoms with Crippen molar-refractivity contribution in [3.05, 3.63) is 81.9 Å². The molecule has 1 aromatic heterocycles. The van der Waals surface area contributed by atoms with Gasteiger partial charge in [-0.25, -0.2) is 0 Å². The van der Waals surface area contributed by atoms with Crippen molar-refractivity contribution in [2.45, 2.75) is 33.1 Å². The topological polar surface area (TPSA) is 64.1 Å². The number of hydrogen-bond donors (Lipinski definition) is 1. The van der Waals surface area contributed by atoms with E-state index in [-0.39, 0.29) is 5.91 Å². The fraction of sp³-hybridized carbons (Fsp3) is 0.250. The van der Waals surface area contributed by atoms with E-state index in [1.165, 1.54) is 0 Å². The van der Waals surface area contributed by atoms with Gasteiger partial charge in [0.05, 0.1) is 18.9 Å². The quantitative estimate of drug-likeness (QED) is 0.659. The van der Waals surface area contributed by atoms with E-state index in [1.54, 1.807) is 0 Å². The summed E-state index contributed by atoms with van der Waals surface area (Å²) in [4.78, 5) is 12.8. The number of amides is 1. The highest BCUT2D eigenvalue weighted by Gasteiger charge is 2.14. The van der Waals surface area contributed by atoms with Gasteiger partial charge in [0.2, 0.25) is 0 Å². The van der Waals surface area contributed by atoms with Crippen molar-refractivity contribution in [3.8, 4) is 0 Å². The molecule has 0 unspecified atom stereocenters. The van der Waals surface area contributed by atoms with E-state index in [1.807, 2.05) is 61.5 Å². The van der Waals surface area contributed by atoms with Crippen molar-refractivity contribution in [1.29, 1.82) is 0 Å². The molecule has 1 amide bonds. The summed E-state index contributed by atoms with van der Waals surface area (Å²) in [5.41, 5.74) is 4.06. The zero-order chi connectivity index (χ0) is 18.2. The zero-order valence-corrected chi connectivity index (χ0v) is 15.5. The number of nitrogens with one attached hydrogen (secondary N) is 1. The Balaban J connectivity index is 1.46. The molecule has 0 radical (unpaired) electrons. The molecule has 3 rings (SSSR count). The van der Waals surface area contributed by atoms with Crippen molar-refractivity contribution >= 4 is 17.4 Å². The Labute approximate surface area is 157 Å². The molecule has 0 saturated carbocycles. The van der Waals surface area contributed by atoms with Gasteiger partial charge in [-0.3, -0.25) is 4.79 Å². The second-order valence-electron chi connectivity index (χ2n) is 5.88. The van der Waals surface area contributed by atoms with E-state index in [9.17, 15) is 4.79 Å². The Bertz CT molecular complexity index is 832. The molecule has 2 aromatic carbocycles. The largest absolute Gasteiger partial charge is 0.372 e. The van der Waals surface area contributed by atoms with E-state index in [4.69, 9.17) is 4.74 Å². The lowest BCUT2D eigenvalue weighted by Crippen LogP contribution is -2.22. The van der Waals surface area contributed by atoms with E-state index < -0.39 is 0 Å². The summed E-state index contributed by atoms with van der Waals surface area (Å²) in [5, 5.41) is 6.89. The summed E-state index contributed by atoms with van der Waals surface area (Å²) >= 11 is 1.14. The van der Waals surface area contributed by atoms with Crippen LogP contribution in [-0.2, 0) is 30.9 Å². The summed E-state index contributed by atoms with van der Waals surface area (Å²) in [6.45, 7) is 3.60. The maximum atomic E-state index is 12.2. The van der Waals surface area contributed by atoms with Crippen LogP contribution in [0.3, 0.4) is 0 Å². The summed E-state index contributed by atoms with van der Waals surface area (Å²) in [6.07, 6.45) is 0.705. The number of carbonyl (C=O) groups is 1. The summed E-state index contributed by atoms with van der Waals surface area (Å²) < 4.78 is 9.58. The summed E-state index contributed by atoms with van der Waals surface area (Å²) in [7, 11) is 0. The third kappa shape index (κ3) is 4.97. The normalized spacial score (nSPS) is 10.7. The van der Waals surface area contributed by atoms with Crippen molar-refractivity contribution in [2.24, 2.45) is 0 Å². The maximum absolute atomic E-state index is 12.2. The molecule has 1 N–H and O–H groups in total. The molecule has 0 atom stereocenters. The third-order valence-electron chi connectivity index (χ3n) is 3.95. The van der Waals surface area contributed by atoms with Gasteiger partial charge in [0.25, 0.3) is 5.91 Å². The molecule has 134 valence electrons. The summed E-state index contributed by atoms with van der Waals surface area (Å²) in [6, 6.07) is 18.2. The molecular formula is C20H21N3O2S. The average molecular weight is 367 g/mol. The molecule has 0 bridgehead atoms. The monoisotopic (exact) mass is 367 g/mol. The molecule has 1 heterocycles. The number of rotatable bonds is 8. The second-order valence-corrected chi connectivity index (χ2v) is 6.63. The lowest BCUT2D eigenvalue weighted by Gasteiger charge is -2.07. The number of carbonyl (C=O) groups excluding carboxylic acids is 1. The van der Waals surface area contributed by atoms with Gasteiger partial charge in [0, 0.05) is 6.54 Å². The average Bonchev–Trinajstić information content (AvgIpc) is 3.17. The van der Waals surface area contributed by atoms with Gasteiger partial charge in [-0.05, 0) is 34.6 Å². The molecular weight excluding hydrogens is 346 g/mol. The number of hydrogen-bond acceptors (Lipinski definition) is 5. The smallest absolute Gasteiger partial charge is 0.265 e. The van der Waals surface area contributed by atoms with Crippen LogP contribution >= 0.6 is 11.5 Å². The summed E-state index contributed by atoms with van der Waals surface area (Å²) in [5.74, 6) is -0.118. The molecule has 0 spiro atoms. The van der Waals surface area contributed by atoms with Crippen LogP contribution < -0.4 is 5.32 Å². The zero-order valence-electron chi connectivity index (χ0n) is 14.6. The SMILES string of the molecule is CCc1nnsc1C(=O)NCc1ccc(COCc2ccccc2)cc1. The predicted molar refractivity (Wildman–Crippen MR) is 102 cm³/mol. The fourth-order valence-corrected chi connectivity index (χ4v) is 3.16. The highest BCUT2D eigenvalue weighted by Crippen LogP contribution is 2.12. The minimum atomic E-state index is -0.118. The van der Waals surface area contributed by atoms with Crippen LogP contribution in [0.15, 0.2) is 54.6 Å². The first-order chi connectivity index (χ1) is 12.8. The lowest BCUT2D eigenvalue weighted by molar-refractivity contribution is 0.0953. The Morgan fingerprint density at radius 2 is 1.65 bits per heavy atom. The molecule has 0 saturated heterocycles. The van der Waals surface area contributed by atoms with Crippen LogP contribution in [0.4, 0.5) is 0 Å². The van der Waals surface area contributed by atoms with Crippen molar-refractivity contribution in [1.82, 2.24) is 14.9 Å². The molecule has 26 heavy (non-hydrogen) atoms. The number of benzene rings is 2. The Morgan fingerprint density at radius 3 is 2.35 bits per heavy atom. The number of ether oxygens (including phenoxy) is 1. The minimum Gasteiger partial charge on any atom is -0.372 e. The van der Waals surface area contributed by atoms with Crippen LogP contribution in [0, 0.1) is 0 Å². The standard InChI is InChI=1S/C20H21N3O2S/c1-2-18-19(26-23-22-18)20(24)21-12-15-8-10-17(11-9-15)14-25-13-16-6-4-3-5-7-16/h3-11H,2,12-14H2,1H3,(H,21,24). The van der Waals surface area contributed by atoms with Crippen molar-refractivity contribution in [2.75, 3.05) is 0 Å². The second kappa shape index (κ2) is 9.22. The first-order valence-corrected chi connectivity index (χ1v) is 9.32. The van der Waals surface area contributed by atoms with Gasteiger partial charge in [-0.2, -0.15) is 0 Å². The molecule has 0 aliphatic heterocycles. The fourth-order valence-electron chi connectivity index (χ4n) is 2.49. The Kier molecular flexibility index (Phi) is 6.46. The van der Waals surface area contributed by atoms with Crippen LogP contribution in [0.2, 0.25) is 0 Å². The van der Waals surface area contributed by atoms with Crippen molar-refractivity contribution < 1.29 is 9.53 Å².